The van der Waals surface area contributed by atoms with Crippen LogP contribution >= 0.6 is 0 Å². The maximum absolute atomic E-state index is 15.2. The third-order valence-corrected chi connectivity index (χ3v) is 15.0. The Hall–Kier alpha value is -6.95. The number of piperidine rings is 3. The smallest absolute Gasteiger partial charge is 0.301 e. The van der Waals surface area contributed by atoms with Gasteiger partial charge in [0.2, 0.25) is 11.8 Å². The lowest BCUT2D eigenvalue weighted by Gasteiger charge is -2.38. The van der Waals surface area contributed by atoms with Gasteiger partial charge in [0, 0.05) is 69.2 Å². The van der Waals surface area contributed by atoms with Crippen LogP contribution in [0.15, 0.2) is 83.9 Å². The second-order valence-electron chi connectivity index (χ2n) is 17.7. The molecule has 5 aliphatic rings. The van der Waals surface area contributed by atoms with E-state index in [4.69, 9.17) is 9.47 Å². The van der Waals surface area contributed by atoms with Crippen LogP contribution in [-0.2, 0) is 31.1 Å². The lowest BCUT2D eigenvalue weighted by Crippen LogP contribution is -2.52. The van der Waals surface area contributed by atoms with E-state index in [9.17, 15) is 37.2 Å². The number of alkyl halides is 1. The molecule has 0 saturated carbocycles. The summed E-state index contributed by atoms with van der Waals surface area (Å²) >= 11 is 0. The van der Waals surface area contributed by atoms with Gasteiger partial charge in [-0.2, -0.15) is 18.0 Å². The number of carbonyl (C=O) groups is 3. The van der Waals surface area contributed by atoms with Gasteiger partial charge < -0.3 is 24.2 Å². The molecule has 352 valence electrons. The molecule has 4 fully saturated rings. The summed E-state index contributed by atoms with van der Waals surface area (Å²) in [6.07, 6.45) is 4.46. The van der Waals surface area contributed by atoms with Crippen LogP contribution in [-0.4, -0.2) is 109 Å². The fourth-order valence-electron chi connectivity index (χ4n) is 9.78. The second kappa shape index (κ2) is 18.3. The van der Waals surface area contributed by atoms with Crippen molar-refractivity contribution in [2.45, 2.75) is 75.9 Å². The predicted octanol–water partition coefficient (Wildman–Crippen LogP) is 5.30. The van der Waals surface area contributed by atoms with E-state index >= 15 is 4.39 Å². The highest BCUT2D eigenvalue weighted by Crippen LogP contribution is 2.36. The van der Waals surface area contributed by atoms with Gasteiger partial charge >= 0.3 is 10.2 Å². The number of nitrogens with zero attached hydrogens (tertiary/aromatic N) is 7. The quantitative estimate of drug-likeness (QED) is 0.162. The lowest BCUT2D eigenvalue weighted by molar-refractivity contribution is -0.136. The van der Waals surface area contributed by atoms with Crippen LogP contribution < -0.4 is 30.1 Å². The maximum atomic E-state index is 15.2. The Kier molecular flexibility index (Phi) is 12.1. The van der Waals surface area contributed by atoms with Crippen molar-refractivity contribution >= 4 is 55.9 Å². The Bertz CT molecular complexity index is 3040. The minimum Gasteiger partial charge on any atom is -0.453 e. The van der Waals surface area contributed by atoms with Crippen LogP contribution in [0.4, 0.5) is 25.8 Å². The van der Waals surface area contributed by atoms with Crippen molar-refractivity contribution < 1.29 is 41.1 Å². The molecule has 0 spiro atoms. The molecule has 68 heavy (non-hydrogen) atoms. The molecule has 6 heterocycles. The summed E-state index contributed by atoms with van der Waals surface area (Å²) in [6.45, 7) is 3.20. The average Bonchev–Trinajstić information content (AvgIpc) is 3.93. The van der Waals surface area contributed by atoms with E-state index in [2.05, 4.69) is 24.8 Å². The standard InChI is InChI=1S/C48H47F2N9O8S/c49-30-13-22-57(27-30)68(64,65)54-42-10-8-40(50)45(39(42)25-51)67-36-6-9-41-38(24-36)48(63)59(28-52-41)32-3-1-31(2-4-32)55-18-14-34(15-19-55)66-35-16-20-56(21-17-35)33-5-7-37-29(23-33)26-58(47(37)62)43-11-12-44(60)53-46(43)61/h1-10,23-24,28,30,34-35,43,54H,11-22,26-27H2,(H,53,60,61). The van der Waals surface area contributed by atoms with Crippen LogP contribution in [0.3, 0.4) is 0 Å². The molecule has 2 atom stereocenters. The number of fused-ring (bicyclic) bond motifs is 2. The third-order valence-electron chi connectivity index (χ3n) is 13.5. The Morgan fingerprint density at radius 1 is 0.809 bits per heavy atom. The first-order valence-electron chi connectivity index (χ1n) is 22.7. The number of anilines is 3. The molecular formula is C48H47F2N9O8S. The molecule has 0 bridgehead atoms. The number of nitrogens with one attached hydrogen (secondary N) is 2. The first kappa shape index (κ1) is 44.9. The molecule has 3 amide bonds. The number of halogens is 2. The summed E-state index contributed by atoms with van der Waals surface area (Å²) in [5.41, 5.74) is 3.36. The average molecular weight is 948 g/mol. The molecule has 5 aromatic rings. The van der Waals surface area contributed by atoms with Crippen molar-refractivity contribution in [3.63, 3.8) is 0 Å². The Labute approximate surface area is 390 Å². The summed E-state index contributed by atoms with van der Waals surface area (Å²) in [5.74, 6) is -2.38. The number of rotatable bonds is 11. The SMILES string of the molecule is N#Cc1c(NS(=O)(=O)N2CCC(F)C2)ccc(F)c1Oc1ccc2ncn(-c3ccc(N4CCC(OC5CCN(c6ccc7c(c6)CN(C6CCC(=O)NC6=O)C7=O)CC5)CC4)cc3)c(=O)c2c1. The van der Waals surface area contributed by atoms with Gasteiger partial charge in [0.1, 0.15) is 35.9 Å². The van der Waals surface area contributed by atoms with Crippen molar-refractivity contribution in [1.82, 2.24) is 24.1 Å². The summed E-state index contributed by atoms with van der Waals surface area (Å²) < 4.78 is 71.8. The van der Waals surface area contributed by atoms with E-state index in [-0.39, 0.29) is 66.8 Å². The Balaban J connectivity index is 0.733. The number of imide groups is 1. The third kappa shape index (κ3) is 8.84. The first-order chi connectivity index (χ1) is 32.8. The zero-order valence-electron chi connectivity index (χ0n) is 36.8. The minimum absolute atomic E-state index is 0.00924. The molecule has 0 aliphatic carbocycles. The zero-order chi connectivity index (χ0) is 47.3. The lowest BCUT2D eigenvalue weighted by atomic mass is 10.0. The van der Waals surface area contributed by atoms with E-state index in [1.54, 1.807) is 11.0 Å². The molecule has 20 heteroatoms. The van der Waals surface area contributed by atoms with E-state index in [1.807, 2.05) is 42.5 Å². The number of aromatic nitrogens is 2. The van der Waals surface area contributed by atoms with Crippen molar-refractivity contribution in [3.05, 3.63) is 112 Å². The molecule has 4 aromatic carbocycles. The fourth-order valence-corrected chi connectivity index (χ4v) is 11.1. The summed E-state index contributed by atoms with van der Waals surface area (Å²) in [7, 11) is -4.24. The molecule has 1 aromatic heterocycles. The van der Waals surface area contributed by atoms with Gasteiger partial charge in [-0.1, -0.05) is 0 Å². The second-order valence-corrected chi connectivity index (χ2v) is 19.4. The van der Waals surface area contributed by atoms with Crippen molar-refractivity contribution in [3.8, 4) is 23.3 Å². The van der Waals surface area contributed by atoms with Gasteiger partial charge in [-0.05, 0) is 117 Å². The fraction of sp³-hybridized carbons (Fsp3) is 0.375. The normalized spacial score (nSPS) is 20.7. The maximum Gasteiger partial charge on any atom is 0.301 e. The zero-order valence-corrected chi connectivity index (χ0v) is 37.6. The number of hydrogen-bond donors (Lipinski definition) is 2. The van der Waals surface area contributed by atoms with Gasteiger partial charge in [-0.3, -0.25) is 33.8 Å². The number of nitriles is 1. The number of ether oxygens (including phenoxy) is 2. The molecule has 10 rings (SSSR count). The van der Waals surface area contributed by atoms with E-state index < -0.39 is 51.0 Å². The summed E-state index contributed by atoms with van der Waals surface area (Å²) in [6, 6.07) is 21.0. The monoisotopic (exact) mass is 947 g/mol. The van der Waals surface area contributed by atoms with Crippen LogP contribution in [0.2, 0.25) is 0 Å². The van der Waals surface area contributed by atoms with Crippen molar-refractivity contribution in [2.24, 2.45) is 0 Å². The van der Waals surface area contributed by atoms with Crippen molar-refractivity contribution in [1.29, 1.82) is 5.26 Å². The highest BCUT2D eigenvalue weighted by molar-refractivity contribution is 7.90. The van der Waals surface area contributed by atoms with Gasteiger partial charge in [0.05, 0.1) is 34.5 Å². The van der Waals surface area contributed by atoms with Gasteiger partial charge in [-0.25, -0.2) is 13.8 Å². The number of carbonyl (C=O) groups excluding carboxylic acids is 3. The first-order valence-corrected chi connectivity index (χ1v) is 24.1. The highest BCUT2D eigenvalue weighted by Gasteiger charge is 2.40. The molecular weight excluding hydrogens is 901 g/mol. The van der Waals surface area contributed by atoms with Gasteiger partial charge in [0.25, 0.3) is 11.5 Å². The minimum atomic E-state index is -4.24. The van der Waals surface area contributed by atoms with E-state index in [1.165, 1.54) is 29.1 Å². The van der Waals surface area contributed by atoms with Crippen LogP contribution in [0, 0.1) is 17.1 Å². The van der Waals surface area contributed by atoms with Crippen LogP contribution in [0.25, 0.3) is 16.6 Å². The van der Waals surface area contributed by atoms with Gasteiger partial charge in [-0.15, -0.1) is 0 Å². The number of benzene rings is 4. The predicted molar refractivity (Wildman–Crippen MR) is 246 cm³/mol. The number of hydrogen-bond acceptors (Lipinski definition) is 12. The van der Waals surface area contributed by atoms with Crippen LogP contribution in [0.1, 0.15) is 66.4 Å². The molecule has 5 aliphatic heterocycles. The van der Waals surface area contributed by atoms with Crippen molar-refractivity contribution in [2.75, 3.05) is 53.8 Å². The summed E-state index contributed by atoms with van der Waals surface area (Å²) in [4.78, 5) is 61.8. The Morgan fingerprint density at radius 3 is 2.18 bits per heavy atom. The summed E-state index contributed by atoms with van der Waals surface area (Å²) in [5, 5.41) is 12.5. The largest absolute Gasteiger partial charge is 0.453 e. The topological polar surface area (TPSA) is 200 Å². The molecule has 2 N–H and O–H groups in total. The highest BCUT2D eigenvalue weighted by atomic mass is 32.2. The molecule has 2 unspecified atom stereocenters. The molecule has 4 saturated heterocycles. The number of amides is 3. The van der Waals surface area contributed by atoms with E-state index in [0.717, 1.165) is 85.2 Å². The van der Waals surface area contributed by atoms with Gasteiger partial charge in [0.15, 0.2) is 11.6 Å². The molecule has 0 radical (unpaired) electrons. The van der Waals surface area contributed by atoms with E-state index in [0.29, 0.717) is 29.7 Å². The van der Waals surface area contributed by atoms with Crippen LogP contribution in [0.5, 0.6) is 11.5 Å². The molecule has 17 nitrogen and oxygen atoms in total. The Morgan fingerprint density at radius 2 is 1.50 bits per heavy atom.